The number of aliphatic hydroxyl groups is 1. The molecule has 2 aromatic rings. The van der Waals surface area contributed by atoms with Crippen molar-refractivity contribution in [2.45, 2.75) is 19.4 Å². The summed E-state index contributed by atoms with van der Waals surface area (Å²) in [5, 5.41) is 8.79. The number of hydrogen-bond acceptors (Lipinski definition) is 4. The predicted molar refractivity (Wildman–Crippen MR) is 57.3 cm³/mol. The number of rotatable bonds is 3. The van der Waals surface area contributed by atoms with Crippen molar-refractivity contribution in [2.75, 3.05) is 6.61 Å². The Bertz CT molecular complexity index is 465. The molecule has 0 bridgehead atoms. The number of nitrogens with zero attached hydrogens (tertiary/aromatic N) is 2. The summed E-state index contributed by atoms with van der Waals surface area (Å²) in [6.45, 7) is 2.05. The van der Waals surface area contributed by atoms with Gasteiger partial charge in [0.05, 0.1) is 11.6 Å². The molecule has 15 heavy (non-hydrogen) atoms. The molecule has 0 amide bonds. The Morgan fingerprint density at radius 3 is 3.07 bits per heavy atom. The highest BCUT2D eigenvalue weighted by atomic mass is 16.3. The highest BCUT2D eigenvalue weighted by Crippen LogP contribution is 2.17. The zero-order chi connectivity index (χ0) is 10.8. The van der Waals surface area contributed by atoms with Crippen LogP contribution in [0.3, 0.4) is 0 Å². The number of imidazole rings is 1. The van der Waals surface area contributed by atoms with Crippen molar-refractivity contribution in [3.05, 3.63) is 23.7 Å². The van der Waals surface area contributed by atoms with Gasteiger partial charge in [0.15, 0.2) is 5.65 Å². The fourth-order valence-corrected chi connectivity index (χ4v) is 1.50. The number of fused-ring (bicyclic) bond motifs is 1. The SMILES string of the molecule is Cc1ccnc2nc(C(N)CCO)[nH]c12. The van der Waals surface area contributed by atoms with Crippen LogP contribution in [0, 0.1) is 6.92 Å². The number of nitrogens with one attached hydrogen (secondary N) is 1. The highest BCUT2D eigenvalue weighted by molar-refractivity contribution is 5.74. The summed E-state index contributed by atoms with van der Waals surface area (Å²) in [7, 11) is 0. The number of pyridine rings is 1. The Balaban J connectivity index is 2.43. The van der Waals surface area contributed by atoms with Crippen LogP contribution in [-0.2, 0) is 0 Å². The highest BCUT2D eigenvalue weighted by Gasteiger charge is 2.11. The van der Waals surface area contributed by atoms with Crippen LogP contribution < -0.4 is 5.73 Å². The average Bonchev–Trinajstić information content (AvgIpc) is 2.63. The van der Waals surface area contributed by atoms with E-state index in [1.807, 2.05) is 13.0 Å². The van der Waals surface area contributed by atoms with Crippen molar-refractivity contribution in [1.29, 1.82) is 0 Å². The molecule has 2 rings (SSSR count). The number of aromatic amines is 1. The average molecular weight is 206 g/mol. The minimum absolute atomic E-state index is 0.0601. The molecule has 5 nitrogen and oxygen atoms in total. The van der Waals surface area contributed by atoms with E-state index in [1.165, 1.54) is 0 Å². The van der Waals surface area contributed by atoms with E-state index in [4.69, 9.17) is 10.8 Å². The van der Waals surface area contributed by atoms with Crippen LogP contribution in [0.2, 0.25) is 0 Å². The molecule has 80 valence electrons. The van der Waals surface area contributed by atoms with Gasteiger partial charge in [-0.3, -0.25) is 0 Å². The van der Waals surface area contributed by atoms with Crippen LogP contribution >= 0.6 is 0 Å². The minimum atomic E-state index is -0.261. The maximum Gasteiger partial charge on any atom is 0.178 e. The number of aromatic nitrogens is 3. The van der Waals surface area contributed by atoms with Crippen LogP contribution in [0.15, 0.2) is 12.3 Å². The largest absolute Gasteiger partial charge is 0.396 e. The van der Waals surface area contributed by atoms with Crippen LogP contribution in [-0.4, -0.2) is 26.7 Å². The molecule has 0 aliphatic carbocycles. The van der Waals surface area contributed by atoms with Gasteiger partial charge >= 0.3 is 0 Å². The van der Waals surface area contributed by atoms with Gasteiger partial charge < -0.3 is 15.8 Å². The Labute approximate surface area is 87.4 Å². The van der Waals surface area contributed by atoms with Crippen molar-refractivity contribution in [3.8, 4) is 0 Å². The lowest BCUT2D eigenvalue weighted by Crippen LogP contribution is -2.13. The quantitative estimate of drug-likeness (QED) is 0.688. The van der Waals surface area contributed by atoms with Crippen LogP contribution in [0.5, 0.6) is 0 Å². The second-order valence-electron chi connectivity index (χ2n) is 3.57. The zero-order valence-corrected chi connectivity index (χ0v) is 8.57. The third-order valence-corrected chi connectivity index (χ3v) is 2.41. The Kier molecular flexibility index (Phi) is 2.66. The number of nitrogens with two attached hydrogens (primary N) is 1. The van der Waals surface area contributed by atoms with E-state index >= 15 is 0 Å². The molecule has 0 aromatic carbocycles. The summed E-state index contributed by atoms with van der Waals surface area (Å²) < 4.78 is 0. The van der Waals surface area contributed by atoms with E-state index in [1.54, 1.807) is 6.20 Å². The Hall–Kier alpha value is -1.46. The van der Waals surface area contributed by atoms with E-state index in [9.17, 15) is 0 Å². The Morgan fingerprint density at radius 1 is 1.60 bits per heavy atom. The third-order valence-electron chi connectivity index (χ3n) is 2.41. The molecule has 5 heteroatoms. The van der Waals surface area contributed by atoms with Gasteiger partial charge in [0.2, 0.25) is 0 Å². The molecule has 0 aliphatic rings. The zero-order valence-electron chi connectivity index (χ0n) is 8.57. The molecule has 4 N–H and O–H groups in total. The van der Waals surface area contributed by atoms with Crippen molar-refractivity contribution in [2.24, 2.45) is 5.73 Å². The second kappa shape index (κ2) is 3.96. The summed E-state index contributed by atoms with van der Waals surface area (Å²) in [6, 6.07) is 1.66. The van der Waals surface area contributed by atoms with Gasteiger partial charge in [-0.2, -0.15) is 0 Å². The van der Waals surface area contributed by atoms with Gasteiger partial charge in [0, 0.05) is 12.8 Å². The van der Waals surface area contributed by atoms with Gasteiger partial charge in [-0.15, -0.1) is 0 Å². The standard InChI is InChI=1S/C10H14N4O/c1-6-2-4-12-10-8(6)13-9(14-10)7(11)3-5-15/h2,4,7,15H,3,5,11H2,1H3,(H,12,13,14). The van der Waals surface area contributed by atoms with Crippen molar-refractivity contribution in [1.82, 2.24) is 15.0 Å². The van der Waals surface area contributed by atoms with Crippen LogP contribution in [0.25, 0.3) is 11.2 Å². The fourth-order valence-electron chi connectivity index (χ4n) is 1.50. The summed E-state index contributed by atoms with van der Waals surface area (Å²) in [6.07, 6.45) is 2.22. The van der Waals surface area contributed by atoms with Gasteiger partial charge in [-0.05, 0) is 25.0 Å². The summed E-state index contributed by atoms with van der Waals surface area (Å²) >= 11 is 0. The van der Waals surface area contributed by atoms with E-state index in [2.05, 4.69) is 15.0 Å². The van der Waals surface area contributed by atoms with Crippen molar-refractivity contribution in [3.63, 3.8) is 0 Å². The number of aliphatic hydroxyl groups excluding tert-OH is 1. The lowest BCUT2D eigenvalue weighted by molar-refractivity contribution is 0.275. The van der Waals surface area contributed by atoms with Crippen LogP contribution in [0.4, 0.5) is 0 Å². The fraction of sp³-hybridized carbons (Fsp3) is 0.400. The lowest BCUT2D eigenvalue weighted by atomic mass is 10.2. The molecular formula is C10H14N4O. The maximum absolute atomic E-state index is 8.79. The normalized spacial score (nSPS) is 13.3. The van der Waals surface area contributed by atoms with Crippen molar-refractivity contribution >= 4 is 11.2 Å². The summed E-state index contributed by atoms with van der Waals surface area (Å²) in [5.74, 6) is 0.681. The predicted octanol–water partition coefficient (Wildman–Crippen LogP) is 0.649. The van der Waals surface area contributed by atoms with E-state index in [-0.39, 0.29) is 12.6 Å². The first-order valence-corrected chi connectivity index (χ1v) is 4.90. The number of hydrogen-bond donors (Lipinski definition) is 3. The molecule has 2 aromatic heterocycles. The van der Waals surface area contributed by atoms with E-state index < -0.39 is 0 Å². The molecule has 2 heterocycles. The van der Waals surface area contributed by atoms with E-state index in [0.717, 1.165) is 11.1 Å². The van der Waals surface area contributed by atoms with E-state index in [0.29, 0.717) is 17.9 Å². The van der Waals surface area contributed by atoms with Crippen LogP contribution in [0.1, 0.15) is 23.9 Å². The number of aryl methyl sites for hydroxylation is 1. The molecule has 1 unspecified atom stereocenters. The maximum atomic E-state index is 8.79. The van der Waals surface area contributed by atoms with Gasteiger partial charge in [0.25, 0.3) is 0 Å². The van der Waals surface area contributed by atoms with Crippen molar-refractivity contribution < 1.29 is 5.11 Å². The lowest BCUT2D eigenvalue weighted by Gasteiger charge is -2.04. The summed E-state index contributed by atoms with van der Waals surface area (Å²) in [5.41, 5.74) is 8.53. The summed E-state index contributed by atoms with van der Waals surface area (Å²) in [4.78, 5) is 11.6. The molecule has 0 radical (unpaired) electrons. The molecule has 0 saturated carbocycles. The first kappa shape index (κ1) is 10.1. The first-order valence-electron chi connectivity index (χ1n) is 4.90. The van der Waals surface area contributed by atoms with Gasteiger partial charge in [-0.1, -0.05) is 0 Å². The molecule has 0 spiro atoms. The molecule has 0 fully saturated rings. The monoisotopic (exact) mass is 206 g/mol. The second-order valence-corrected chi connectivity index (χ2v) is 3.57. The molecule has 0 saturated heterocycles. The minimum Gasteiger partial charge on any atom is -0.396 e. The molecule has 1 atom stereocenters. The van der Waals surface area contributed by atoms with Gasteiger partial charge in [0.1, 0.15) is 5.82 Å². The third kappa shape index (κ3) is 1.84. The van der Waals surface area contributed by atoms with Gasteiger partial charge in [-0.25, -0.2) is 9.97 Å². The topological polar surface area (TPSA) is 87.8 Å². The molecule has 0 aliphatic heterocycles. The first-order chi connectivity index (χ1) is 7.22. The number of H-pyrrole nitrogens is 1. The molecular weight excluding hydrogens is 192 g/mol. The smallest absolute Gasteiger partial charge is 0.178 e. The Morgan fingerprint density at radius 2 is 2.40 bits per heavy atom.